The summed E-state index contributed by atoms with van der Waals surface area (Å²) >= 11 is 0. The molecule has 0 aliphatic carbocycles. The molecule has 8 heteroatoms. The van der Waals surface area contributed by atoms with Gasteiger partial charge in [0.15, 0.2) is 0 Å². The van der Waals surface area contributed by atoms with Gasteiger partial charge in [0, 0.05) is 6.54 Å². The number of nitrogens with zero attached hydrogens (tertiary/aromatic N) is 1. The topological polar surface area (TPSA) is 69.4 Å². The average Bonchev–Trinajstić information content (AvgIpc) is 2.36. The molecule has 2 rings (SSSR count). The molecule has 1 atom stereocenters. The highest BCUT2D eigenvalue weighted by Crippen LogP contribution is 2.31. The van der Waals surface area contributed by atoms with Crippen LogP contribution in [-0.2, 0) is 15.7 Å². The predicted octanol–water partition coefficient (Wildman–Crippen LogP) is 1.51. The third-order valence-electron chi connectivity index (χ3n) is 2.57. The first-order chi connectivity index (χ1) is 8.95. The number of rotatable bonds is 3. The van der Waals surface area contributed by atoms with Crippen LogP contribution in [0.4, 0.5) is 24.8 Å². The van der Waals surface area contributed by atoms with Crippen LogP contribution in [-0.4, -0.2) is 37.5 Å². The van der Waals surface area contributed by atoms with E-state index in [1.165, 1.54) is 0 Å². The second kappa shape index (κ2) is 5.62. The monoisotopic (exact) mass is 277 g/mol. The molecular weight excluding hydrogens is 263 g/mol. The minimum Gasteiger partial charge on any atom is -0.384 e. The van der Waals surface area contributed by atoms with Gasteiger partial charge < -0.3 is 20.5 Å². The van der Waals surface area contributed by atoms with Gasteiger partial charge in [0.1, 0.15) is 11.6 Å². The first-order valence-corrected chi connectivity index (χ1v) is 5.73. The minimum atomic E-state index is -4.45. The zero-order valence-corrected chi connectivity index (χ0v) is 10.0. The molecule has 0 aromatic carbocycles. The average molecular weight is 277 g/mol. The Balaban J connectivity index is 2.01. The van der Waals surface area contributed by atoms with Crippen molar-refractivity contribution < 1.29 is 22.6 Å². The van der Waals surface area contributed by atoms with Gasteiger partial charge in [-0.25, -0.2) is 4.98 Å². The fourth-order valence-corrected chi connectivity index (χ4v) is 1.68. The Hall–Kier alpha value is -1.54. The van der Waals surface area contributed by atoms with Crippen LogP contribution in [0.2, 0.25) is 0 Å². The zero-order valence-electron chi connectivity index (χ0n) is 10.0. The molecule has 1 fully saturated rings. The highest BCUT2D eigenvalue weighted by Gasteiger charge is 2.31. The van der Waals surface area contributed by atoms with Crippen LogP contribution in [0.5, 0.6) is 0 Å². The molecule has 1 aliphatic heterocycles. The number of hydrogen-bond acceptors (Lipinski definition) is 5. The molecule has 5 nitrogen and oxygen atoms in total. The molecule has 0 amide bonds. The first kappa shape index (κ1) is 13.9. The lowest BCUT2D eigenvalue weighted by Gasteiger charge is -2.23. The Bertz CT molecular complexity index is 434. The normalized spacial score (nSPS) is 20.3. The number of nitrogens with one attached hydrogen (secondary N) is 1. The van der Waals surface area contributed by atoms with E-state index >= 15 is 0 Å². The summed E-state index contributed by atoms with van der Waals surface area (Å²) in [7, 11) is 0. The third kappa shape index (κ3) is 3.97. The van der Waals surface area contributed by atoms with E-state index < -0.39 is 11.7 Å². The number of pyridine rings is 1. The van der Waals surface area contributed by atoms with Gasteiger partial charge in [-0.2, -0.15) is 13.2 Å². The summed E-state index contributed by atoms with van der Waals surface area (Å²) in [6, 6.07) is 1.71. The summed E-state index contributed by atoms with van der Waals surface area (Å²) in [5, 5.41) is 2.77. The van der Waals surface area contributed by atoms with E-state index in [-0.39, 0.29) is 17.7 Å². The van der Waals surface area contributed by atoms with Crippen molar-refractivity contribution in [3.63, 3.8) is 0 Å². The summed E-state index contributed by atoms with van der Waals surface area (Å²) in [6.45, 7) is 1.73. The molecular formula is C11H14F3N3O2. The smallest absolute Gasteiger partial charge is 0.384 e. The van der Waals surface area contributed by atoms with Crippen LogP contribution < -0.4 is 11.1 Å². The van der Waals surface area contributed by atoms with Gasteiger partial charge in [0.05, 0.1) is 31.5 Å². The molecule has 0 spiro atoms. The molecule has 2 heterocycles. The fraction of sp³-hybridized carbons (Fsp3) is 0.545. The van der Waals surface area contributed by atoms with E-state index in [1.807, 2.05) is 0 Å². The molecule has 106 valence electrons. The summed E-state index contributed by atoms with van der Waals surface area (Å²) < 4.78 is 48.3. The Labute approximate surface area is 107 Å². The largest absolute Gasteiger partial charge is 0.416 e. The second-order valence-electron chi connectivity index (χ2n) is 4.11. The number of nitrogens with two attached hydrogens (primary N) is 1. The molecule has 1 saturated heterocycles. The number of nitrogen functional groups attached to an aromatic ring is 1. The second-order valence-corrected chi connectivity index (χ2v) is 4.11. The van der Waals surface area contributed by atoms with Crippen LogP contribution in [0, 0.1) is 0 Å². The van der Waals surface area contributed by atoms with Crippen LogP contribution in [0.25, 0.3) is 0 Å². The summed E-state index contributed by atoms with van der Waals surface area (Å²) in [6.07, 6.45) is -4.65. The van der Waals surface area contributed by atoms with Gasteiger partial charge >= 0.3 is 6.18 Å². The Kier molecular flexibility index (Phi) is 4.11. The van der Waals surface area contributed by atoms with Gasteiger partial charge in [0.25, 0.3) is 0 Å². The van der Waals surface area contributed by atoms with Crippen molar-refractivity contribution in [2.24, 2.45) is 0 Å². The Morgan fingerprint density at radius 3 is 2.79 bits per heavy atom. The summed E-state index contributed by atoms with van der Waals surface area (Å²) in [5.74, 6) is -0.111. The molecule has 1 unspecified atom stereocenters. The molecule has 1 aromatic rings. The lowest BCUT2D eigenvalue weighted by Crippen LogP contribution is -2.34. The first-order valence-electron chi connectivity index (χ1n) is 5.73. The van der Waals surface area contributed by atoms with Crippen molar-refractivity contribution >= 4 is 11.6 Å². The quantitative estimate of drug-likeness (QED) is 0.876. The van der Waals surface area contributed by atoms with Crippen molar-refractivity contribution in [3.8, 4) is 0 Å². The minimum absolute atomic E-state index is 0.0708. The molecule has 0 saturated carbocycles. The molecule has 1 aromatic heterocycles. The van der Waals surface area contributed by atoms with E-state index in [0.29, 0.717) is 26.4 Å². The van der Waals surface area contributed by atoms with Crippen molar-refractivity contribution in [1.29, 1.82) is 0 Å². The maximum Gasteiger partial charge on any atom is 0.416 e. The molecule has 19 heavy (non-hydrogen) atoms. The number of hydrogen-bond donors (Lipinski definition) is 2. The van der Waals surface area contributed by atoms with E-state index in [9.17, 15) is 13.2 Å². The van der Waals surface area contributed by atoms with Crippen molar-refractivity contribution in [2.75, 3.05) is 37.4 Å². The molecule has 3 N–H and O–H groups in total. The van der Waals surface area contributed by atoms with Gasteiger partial charge in [-0.05, 0) is 12.1 Å². The molecule has 0 bridgehead atoms. The van der Waals surface area contributed by atoms with E-state index in [1.54, 1.807) is 0 Å². The maximum absolute atomic E-state index is 12.6. The van der Waals surface area contributed by atoms with Crippen molar-refractivity contribution in [3.05, 3.63) is 17.7 Å². The third-order valence-corrected chi connectivity index (χ3v) is 2.57. The van der Waals surface area contributed by atoms with Crippen LogP contribution in [0.1, 0.15) is 5.56 Å². The standard InChI is InChI=1S/C11H14F3N3O2/c12-11(13,14)7-3-9(15)17-10(4-7)16-5-8-6-18-1-2-19-8/h3-4,8H,1-2,5-6H2,(H3,15,16,17). The molecule has 1 aliphatic rings. The van der Waals surface area contributed by atoms with Gasteiger partial charge in [-0.3, -0.25) is 0 Å². The lowest BCUT2D eigenvalue weighted by molar-refractivity contribution is -0.137. The highest BCUT2D eigenvalue weighted by atomic mass is 19.4. The molecule has 0 radical (unpaired) electrons. The Morgan fingerprint density at radius 2 is 2.16 bits per heavy atom. The van der Waals surface area contributed by atoms with Gasteiger partial charge in [0.2, 0.25) is 0 Å². The van der Waals surface area contributed by atoms with Crippen LogP contribution >= 0.6 is 0 Å². The van der Waals surface area contributed by atoms with E-state index in [2.05, 4.69) is 10.3 Å². The fourth-order valence-electron chi connectivity index (χ4n) is 1.68. The number of aromatic nitrogens is 1. The van der Waals surface area contributed by atoms with Crippen LogP contribution in [0.3, 0.4) is 0 Å². The number of halogens is 3. The predicted molar refractivity (Wildman–Crippen MR) is 62.7 cm³/mol. The van der Waals surface area contributed by atoms with Gasteiger partial charge in [-0.15, -0.1) is 0 Å². The van der Waals surface area contributed by atoms with Gasteiger partial charge in [-0.1, -0.05) is 0 Å². The zero-order chi connectivity index (χ0) is 13.9. The Morgan fingerprint density at radius 1 is 1.37 bits per heavy atom. The summed E-state index contributed by atoms with van der Waals surface area (Å²) in [4.78, 5) is 3.80. The van der Waals surface area contributed by atoms with E-state index in [4.69, 9.17) is 15.2 Å². The maximum atomic E-state index is 12.6. The highest BCUT2D eigenvalue weighted by molar-refractivity contribution is 5.47. The number of alkyl halides is 3. The number of anilines is 2. The van der Waals surface area contributed by atoms with Crippen LogP contribution in [0.15, 0.2) is 12.1 Å². The van der Waals surface area contributed by atoms with Crippen molar-refractivity contribution in [1.82, 2.24) is 4.98 Å². The van der Waals surface area contributed by atoms with Crippen molar-refractivity contribution in [2.45, 2.75) is 12.3 Å². The van der Waals surface area contributed by atoms with E-state index in [0.717, 1.165) is 12.1 Å². The number of ether oxygens (including phenoxy) is 2. The SMILES string of the molecule is Nc1cc(C(F)(F)F)cc(NCC2COCCO2)n1. The summed E-state index contributed by atoms with van der Waals surface area (Å²) in [5.41, 5.74) is 4.53. The lowest BCUT2D eigenvalue weighted by atomic mass is 10.2.